The van der Waals surface area contributed by atoms with E-state index in [1.165, 1.54) is 38.5 Å². The zero-order valence-electron chi connectivity index (χ0n) is 11.8. The van der Waals surface area contributed by atoms with E-state index in [9.17, 15) is 9.90 Å². The van der Waals surface area contributed by atoms with Crippen LogP contribution < -0.4 is 5.32 Å². The van der Waals surface area contributed by atoms with E-state index < -0.39 is 11.5 Å². The Hall–Kier alpha value is -0.570. The highest BCUT2D eigenvalue weighted by Gasteiger charge is 2.67. The highest BCUT2D eigenvalue weighted by atomic mass is 16.4. The fourth-order valence-corrected chi connectivity index (χ4v) is 6.52. The highest BCUT2D eigenvalue weighted by Crippen LogP contribution is 2.66. The molecule has 5 saturated carbocycles. The summed E-state index contributed by atoms with van der Waals surface area (Å²) < 4.78 is 0. The maximum Gasteiger partial charge on any atom is 0.324 e. The van der Waals surface area contributed by atoms with Crippen LogP contribution in [0.3, 0.4) is 0 Å². The lowest BCUT2D eigenvalue weighted by Gasteiger charge is -2.62. The molecule has 4 bridgehead atoms. The third-order valence-corrected chi connectivity index (χ3v) is 6.80. The van der Waals surface area contributed by atoms with E-state index in [1.807, 2.05) is 7.05 Å². The van der Waals surface area contributed by atoms with Crippen molar-refractivity contribution in [3.63, 3.8) is 0 Å². The molecule has 0 radical (unpaired) electrons. The standard InChI is InChI=1S/C16H25NO2/c1-17-16(14(18)19,13-2-3-13)15-7-10-4-11(8-15)6-12(5-10)9-15/h10-13,17H,2-9H2,1H3,(H,18,19). The van der Waals surface area contributed by atoms with Gasteiger partial charge >= 0.3 is 5.97 Å². The quantitative estimate of drug-likeness (QED) is 0.820. The molecule has 3 heteroatoms. The average molecular weight is 263 g/mol. The van der Waals surface area contributed by atoms with Gasteiger partial charge in [-0.2, -0.15) is 0 Å². The number of carbonyl (C=O) groups is 1. The molecule has 5 rings (SSSR count). The monoisotopic (exact) mass is 263 g/mol. The molecule has 0 aromatic rings. The fourth-order valence-electron chi connectivity index (χ4n) is 6.52. The van der Waals surface area contributed by atoms with Gasteiger partial charge in [-0.25, -0.2) is 0 Å². The minimum Gasteiger partial charge on any atom is -0.480 e. The minimum atomic E-state index is -0.622. The number of carboxylic acid groups (broad SMARTS) is 1. The van der Waals surface area contributed by atoms with Crippen LogP contribution in [0.4, 0.5) is 0 Å². The summed E-state index contributed by atoms with van der Waals surface area (Å²) in [6.07, 6.45) is 9.85. The van der Waals surface area contributed by atoms with Gasteiger partial charge < -0.3 is 10.4 Å². The van der Waals surface area contributed by atoms with Crippen LogP contribution in [-0.4, -0.2) is 23.7 Å². The van der Waals surface area contributed by atoms with Gasteiger partial charge in [0.05, 0.1) is 0 Å². The summed E-state index contributed by atoms with van der Waals surface area (Å²) in [6.45, 7) is 0. The van der Waals surface area contributed by atoms with E-state index in [2.05, 4.69) is 5.32 Å². The second-order valence-electron chi connectivity index (χ2n) is 7.84. The summed E-state index contributed by atoms with van der Waals surface area (Å²) in [5, 5.41) is 13.4. The first kappa shape index (κ1) is 12.2. The third-order valence-electron chi connectivity index (χ3n) is 6.80. The first-order valence-electron chi connectivity index (χ1n) is 8.02. The third kappa shape index (κ3) is 1.45. The van der Waals surface area contributed by atoms with E-state index >= 15 is 0 Å². The van der Waals surface area contributed by atoms with Gasteiger partial charge in [-0.3, -0.25) is 4.79 Å². The molecule has 106 valence electrons. The Labute approximate surface area is 115 Å². The van der Waals surface area contributed by atoms with E-state index in [-0.39, 0.29) is 5.41 Å². The Morgan fingerprint density at radius 2 is 1.58 bits per heavy atom. The molecule has 0 aromatic heterocycles. The Morgan fingerprint density at radius 3 is 1.89 bits per heavy atom. The molecule has 0 saturated heterocycles. The van der Waals surface area contributed by atoms with Gasteiger partial charge in [0.25, 0.3) is 0 Å². The molecule has 0 aliphatic heterocycles. The maximum atomic E-state index is 12.2. The van der Waals surface area contributed by atoms with Gasteiger partial charge in [0, 0.05) is 5.41 Å². The van der Waals surface area contributed by atoms with Crippen LogP contribution in [-0.2, 0) is 4.79 Å². The normalized spacial score (nSPS) is 47.1. The molecule has 0 spiro atoms. The molecule has 2 N–H and O–H groups in total. The zero-order chi connectivity index (χ0) is 13.3. The number of nitrogens with one attached hydrogen (secondary N) is 1. The van der Waals surface area contributed by atoms with Crippen molar-refractivity contribution in [2.45, 2.75) is 56.9 Å². The Bertz CT molecular complexity index is 380. The van der Waals surface area contributed by atoms with Gasteiger partial charge in [0.15, 0.2) is 0 Å². The number of hydrogen-bond acceptors (Lipinski definition) is 2. The lowest BCUT2D eigenvalue weighted by atomic mass is 9.44. The Kier molecular flexibility index (Phi) is 2.41. The molecule has 0 aromatic carbocycles. The topological polar surface area (TPSA) is 49.3 Å². The number of aliphatic carboxylic acids is 1. The molecule has 1 atom stereocenters. The number of carboxylic acids is 1. The van der Waals surface area contributed by atoms with Crippen molar-refractivity contribution in [3.05, 3.63) is 0 Å². The fraction of sp³-hybridized carbons (Fsp3) is 0.938. The smallest absolute Gasteiger partial charge is 0.324 e. The summed E-state index contributed by atoms with van der Waals surface area (Å²) in [4.78, 5) is 12.2. The molecule has 0 heterocycles. The average Bonchev–Trinajstić information content (AvgIpc) is 3.12. The molecule has 3 nitrogen and oxygen atoms in total. The molecule has 1 unspecified atom stereocenters. The first-order chi connectivity index (χ1) is 9.09. The highest BCUT2D eigenvalue weighted by molar-refractivity contribution is 5.81. The van der Waals surface area contributed by atoms with Crippen LogP contribution in [0.2, 0.25) is 0 Å². The largest absolute Gasteiger partial charge is 0.480 e. The van der Waals surface area contributed by atoms with Gasteiger partial charge in [-0.1, -0.05) is 0 Å². The Morgan fingerprint density at radius 1 is 1.11 bits per heavy atom. The van der Waals surface area contributed by atoms with Crippen molar-refractivity contribution in [1.82, 2.24) is 5.32 Å². The molecule has 5 aliphatic rings. The van der Waals surface area contributed by atoms with Gasteiger partial charge in [0.2, 0.25) is 0 Å². The van der Waals surface area contributed by atoms with Crippen molar-refractivity contribution < 1.29 is 9.90 Å². The summed E-state index contributed by atoms with van der Waals surface area (Å²) in [7, 11) is 1.89. The maximum absolute atomic E-state index is 12.2. The SMILES string of the molecule is CNC(C(=O)O)(C1CC1)C12CC3CC(CC(C3)C1)C2. The molecule has 0 amide bonds. The molecular formula is C16H25NO2. The predicted molar refractivity (Wildman–Crippen MR) is 72.8 cm³/mol. The summed E-state index contributed by atoms with van der Waals surface area (Å²) in [6, 6.07) is 0. The minimum absolute atomic E-state index is 0.0590. The molecule has 19 heavy (non-hydrogen) atoms. The van der Waals surface area contributed by atoms with E-state index in [4.69, 9.17) is 0 Å². The van der Waals surface area contributed by atoms with E-state index in [1.54, 1.807) is 0 Å². The van der Waals surface area contributed by atoms with E-state index in [0.29, 0.717) is 5.92 Å². The predicted octanol–water partition coefficient (Wildman–Crippen LogP) is 2.66. The van der Waals surface area contributed by atoms with Crippen LogP contribution in [0.1, 0.15) is 51.4 Å². The summed E-state index contributed by atoms with van der Waals surface area (Å²) in [5.41, 5.74) is -0.563. The number of likely N-dealkylation sites (N-methyl/N-ethyl adjacent to an activating group) is 1. The lowest BCUT2D eigenvalue weighted by molar-refractivity contribution is -0.169. The van der Waals surface area contributed by atoms with Crippen LogP contribution in [0.5, 0.6) is 0 Å². The molecular weight excluding hydrogens is 238 g/mol. The van der Waals surface area contributed by atoms with Crippen LogP contribution in [0, 0.1) is 29.1 Å². The summed E-state index contributed by atoms with van der Waals surface area (Å²) >= 11 is 0. The van der Waals surface area contributed by atoms with Crippen LogP contribution in [0.25, 0.3) is 0 Å². The summed E-state index contributed by atoms with van der Waals surface area (Å²) in [5.74, 6) is 2.26. The van der Waals surface area contributed by atoms with Gasteiger partial charge in [-0.05, 0) is 82.1 Å². The van der Waals surface area contributed by atoms with Crippen molar-refractivity contribution >= 4 is 5.97 Å². The molecule has 5 fully saturated rings. The first-order valence-corrected chi connectivity index (χ1v) is 8.02. The lowest BCUT2D eigenvalue weighted by Crippen LogP contribution is -2.68. The van der Waals surface area contributed by atoms with Gasteiger partial charge in [0.1, 0.15) is 5.54 Å². The zero-order valence-corrected chi connectivity index (χ0v) is 11.8. The van der Waals surface area contributed by atoms with Crippen molar-refractivity contribution in [1.29, 1.82) is 0 Å². The number of rotatable bonds is 4. The Balaban J connectivity index is 1.78. The van der Waals surface area contributed by atoms with E-state index in [0.717, 1.165) is 30.6 Å². The van der Waals surface area contributed by atoms with Crippen molar-refractivity contribution in [2.75, 3.05) is 7.05 Å². The van der Waals surface area contributed by atoms with Crippen LogP contribution in [0.15, 0.2) is 0 Å². The van der Waals surface area contributed by atoms with Crippen molar-refractivity contribution in [2.24, 2.45) is 29.1 Å². The second-order valence-corrected chi connectivity index (χ2v) is 7.84. The van der Waals surface area contributed by atoms with Crippen LogP contribution >= 0.6 is 0 Å². The molecule has 5 aliphatic carbocycles. The van der Waals surface area contributed by atoms with Gasteiger partial charge in [-0.15, -0.1) is 0 Å². The number of hydrogen-bond donors (Lipinski definition) is 2. The van der Waals surface area contributed by atoms with Crippen molar-refractivity contribution in [3.8, 4) is 0 Å². The second kappa shape index (κ2) is 3.75.